The molecule has 0 spiro atoms. The fraction of sp³-hybridized carbons (Fsp3) is 0.391. The fourth-order valence-corrected chi connectivity index (χ4v) is 3.40. The van der Waals surface area contributed by atoms with Gasteiger partial charge in [0.25, 0.3) is 0 Å². The van der Waals surface area contributed by atoms with Crippen LogP contribution in [-0.2, 0) is 9.59 Å². The molecule has 1 aliphatic rings. The van der Waals surface area contributed by atoms with Gasteiger partial charge in [-0.2, -0.15) is 0 Å². The average Bonchev–Trinajstić information content (AvgIpc) is 2.76. The number of carbonyl (C=O) groups excluding carboxylic acids is 2. The zero-order chi connectivity index (χ0) is 19.6. The zero-order valence-corrected chi connectivity index (χ0v) is 16.2. The van der Waals surface area contributed by atoms with Gasteiger partial charge in [-0.25, -0.2) is 0 Å². The Hall–Kier alpha value is -2.82. The number of rotatable bonds is 8. The third kappa shape index (κ3) is 5.84. The van der Waals surface area contributed by atoms with Crippen molar-refractivity contribution in [3.05, 3.63) is 66.2 Å². The number of nitrogens with zero attached hydrogens (tertiary/aromatic N) is 1. The van der Waals surface area contributed by atoms with Crippen LogP contribution in [0.3, 0.4) is 0 Å². The summed E-state index contributed by atoms with van der Waals surface area (Å²) in [6, 6.07) is 18.4. The SMILES string of the molecule is O=C(CCCOc1ccccc1)N[C@H](C(=O)N1CCCCC1)c1ccccc1. The second-order valence-electron chi connectivity index (χ2n) is 7.06. The first kappa shape index (κ1) is 19.9. The van der Waals surface area contributed by atoms with E-state index in [1.165, 1.54) is 0 Å². The lowest BCUT2D eigenvalue weighted by molar-refractivity contribution is -0.137. The van der Waals surface area contributed by atoms with Gasteiger partial charge in [-0.1, -0.05) is 48.5 Å². The number of hydrogen-bond donors (Lipinski definition) is 1. The summed E-state index contributed by atoms with van der Waals surface area (Å²) in [6.45, 7) is 2.00. The Balaban J connectivity index is 1.54. The van der Waals surface area contributed by atoms with Gasteiger partial charge < -0.3 is 15.0 Å². The summed E-state index contributed by atoms with van der Waals surface area (Å²) in [5, 5.41) is 2.94. The molecule has 1 N–H and O–H groups in total. The number of carbonyl (C=O) groups is 2. The molecule has 28 heavy (non-hydrogen) atoms. The predicted molar refractivity (Wildman–Crippen MR) is 109 cm³/mol. The molecule has 1 heterocycles. The number of benzene rings is 2. The van der Waals surface area contributed by atoms with Crippen LogP contribution in [0.5, 0.6) is 5.75 Å². The van der Waals surface area contributed by atoms with Crippen LogP contribution in [0.15, 0.2) is 60.7 Å². The molecule has 0 saturated carbocycles. The van der Waals surface area contributed by atoms with Crippen LogP contribution in [0.25, 0.3) is 0 Å². The van der Waals surface area contributed by atoms with Gasteiger partial charge in [0.15, 0.2) is 0 Å². The van der Waals surface area contributed by atoms with E-state index in [2.05, 4.69) is 5.32 Å². The Morgan fingerprint density at radius 3 is 2.25 bits per heavy atom. The summed E-state index contributed by atoms with van der Waals surface area (Å²) in [5.74, 6) is 0.654. The predicted octanol–water partition coefficient (Wildman–Crippen LogP) is 3.72. The molecule has 0 bridgehead atoms. The first-order chi connectivity index (χ1) is 13.7. The fourth-order valence-electron chi connectivity index (χ4n) is 3.40. The van der Waals surface area contributed by atoms with Crippen LogP contribution < -0.4 is 10.1 Å². The number of para-hydroxylation sites is 1. The van der Waals surface area contributed by atoms with Crippen LogP contribution in [0, 0.1) is 0 Å². The lowest BCUT2D eigenvalue weighted by atomic mass is 10.0. The van der Waals surface area contributed by atoms with Crippen molar-refractivity contribution in [2.45, 2.75) is 38.1 Å². The van der Waals surface area contributed by atoms with E-state index < -0.39 is 6.04 Å². The first-order valence-corrected chi connectivity index (χ1v) is 10.0. The zero-order valence-electron chi connectivity index (χ0n) is 16.2. The molecule has 0 radical (unpaired) electrons. The van der Waals surface area contributed by atoms with E-state index in [9.17, 15) is 9.59 Å². The van der Waals surface area contributed by atoms with Gasteiger partial charge in [0, 0.05) is 19.5 Å². The van der Waals surface area contributed by atoms with Crippen LogP contribution >= 0.6 is 0 Å². The number of nitrogens with one attached hydrogen (secondary N) is 1. The van der Waals surface area contributed by atoms with Gasteiger partial charge in [-0.05, 0) is 43.4 Å². The topological polar surface area (TPSA) is 58.6 Å². The highest BCUT2D eigenvalue weighted by Crippen LogP contribution is 2.19. The summed E-state index contributed by atoms with van der Waals surface area (Å²) >= 11 is 0. The Morgan fingerprint density at radius 1 is 0.929 bits per heavy atom. The van der Waals surface area contributed by atoms with Gasteiger partial charge in [0.1, 0.15) is 11.8 Å². The number of hydrogen-bond acceptors (Lipinski definition) is 3. The van der Waals surface area contributed by atoms with Crippen LogP contribution in [0.4, 0.5) is 0 Å². The van der Waals surface area contributed by atoms with Crippen molar-refractivity contribution in [3.8, 4) is 5.75 Å². The van der Waals surface area contributed by atoms with E-state index in [0.29, 0.717) is 19.4 Å². The van der Waals surface area contributed by atoms with Crippen LogP contribution in [-0.4, -0.2) is 36.4 Å². The summed E-state index contributed by atoms with van der Waals surface area (Å²) in [6.07, 6.45) is 4.13. The summed E-state index contributed by atoms with van der Waals surface area (Å²) in [4.78, 5) is 27.4. The number of amides is 2. The molecule has 5 heteroatoms. The Kier molecular flexibility index (Phi) is 7.47. The molecule has 0 unspecified atom stereocenters. The van der Waals surface area contributed by atoms with E-state index in [1.54, 1.807) is 0 Å². The molecule has 1 saturated heterocycles. The lowest BCUT2D eigenvalue weighted by Gasteiger charge is -2.31. The maximum absolute atomic E-state index is 13.0. The van der Waals surface area contributed by atoms with E-state index in [4.69, 9.17) is 4.74 Å². The van der Waals surface area contributed by atoms with Gasteiger partial charge >= 0.3 is 0 Å². The van der Waals surface area contributed by atoms with Gasteiger partial charge in [-0.3, -0.25) is 9.59 Å². The monoisotopic (exact) mass is 380 g/mol. The van der Waals surface area contributed by atoms with Gasteiger partial charge in [-0.15, -0.1) is 0 Å². The van der Waals surface area contributed by atoms with Crippen molar-refractivity contribution in [1.29, 1.82) is 0 Å². The largest absolute Gasteiger partial charge is 0.494 e. The quantitative estimate of drug-likeness (QED) is 0.710. The maximum Gasteiger partial charge on any atom is 0.249 e. The van der Waals surface area contributed by atoms with Gasteiger partial charge in [0.05, 0.1) is 6.61 Å². The van der Waals surface area contributed by atoms with E-state index in [-0.39, 0.29) is 11.8 Å². The van der Waals surface area contributed by atoms with Crippen LogP contribution in [0.2, 0.25) is 0 Å². The molecular formula is C23H28N2O3. The molecule has 2 aromatic carbocycles. The van der Waals surface area contributed by atoms with E-state index in [1.807, 2.05) is 65.6 Å². The molecule has 1 fully saturated rings. The van der Waals surface area contributed by atoms with E-state index in [0.717, 1.165) is 43.7 Å². The Labute approximate surface area is 166 Å². The summed E-state index contributed by atoms with van der Waals surface area (Å²) in [7, 11) is 0. The Bertz CT molecular complexity index is 743. The molecule has 0 aliphatic carbocycles. The molecule has 1 aliphatic heterocycles. The molecule has 2 amide bonds. The molecule has 2 aromatic rings. The minimum absolute atomic E-state index is 0.0141. The smallest absolute Gasteiger partial charge is 0.249 e. The van der Waals surface area contributed by atoms with Gasteiger partial charge in [0.2, 0.25) is 11.8 Å². The lowest BCUT2D eigenvalue weighted by Crippen LogP contribution is -2.45. The third-order valence-electron chi connectivity index (χ3n) is 4.91. The third-order valence-corrected chi connectivity index (χ3v) is 4.91. The number of piperidine rings is 1. The standard InChI is InChI=1S/C23H28N2O3/c26-21(15-10-18-28-20-13-6-2-7-14-20)24-22(19-11-4-1-5-12-19)23(27)25-16-8-3-9-17-25/h1-2,4-7,11-14,22H,3,8-10,15-18H2,(H,24,26)/t22-/m0/s1. The van der Waals surface area contributed by atoms with Crippen molar-refractivity contribution in [2.75, 3.05) is 19.7 Å². The maximum atomic E-state index is 13.0. The molecule has 5 nitrogen and oxygen atoms in total. The Morgan fingerprint density at radius 2 is 1.57 bits per heavy atom. The highest BCUT2D eigenvalue weighted by molar-refractivity contribution is 5.88. The van der Waals surface area contributed by atoms with Crippen molar-refractivity contribution in [2.24, 2.45) is 0 Å². The van der Waals surface area contributed by atoms with E-state index >= 15 is 0 Å². The molecule has 148 valence electrons. The highest BCUT2D eigenvalue weighted by Gasteiger charge is 2.28. The van der Waals surface area contributed by atoms with Crippen molar-refractivity contribution in [1.82, 2.24) is 10.2 Å². The number of likely N-dealkylation sites (tertiary alicyclic amines) is 1. The van der Waals surface area contributed by atoms with Crippen molar-refractivity contribution in [3.63, 3.8) is 0 Å². The molecule has 1 atom stereocenters. The summed E-state index contributed by atoms with van der Waals surface area (Å²) < 4.78 is 5.63. The second kappa shape index (κ2) is 10.5. The molecular weight excluding hydrogens is 352 g/mol. The highest BCUT2D eigenvalue weighted by atomic mass is 16.5. The molecule has 3 rings (SSSR count). The first-order valence-electron chi connectivity index (χ1n) is 10.0. The van der Waals surface area contributed by atoms with Crippen molar-refractivity contribution < 1.29 is 14.3 Å². The minimum atomic E-state index is -0.623. The summed E-state index contributed by atoms with van der Waals surface area (Å²) in [5.41, 5.74) is 0.826. The number of ether oxygens (including phenoxy) is 1. The second-order valence-corrected chi connectivity index (χ2v) is 7.06. The van der Waals surface area contributed by atoms with Crippen LogP contribution in [0.1, 0.15) is 43.7 Å². The minimum Gasteiger partial charge on any atom is -0.494 e. The van der Waals surface area contributed by atoms with Crippen molar-refractivity contribution >= 4 is 11.8 Å². The normalized spacial score (nSPS) is 14.9. The molecule has 0 aromatic heterocycles. The average molecular weight is 380 g/mol.